The van der Waals surface area contributed by atoms with E-state index in [1.54, 1.807) is 24.3 Å². The number of hydrogen-bond acceptors (Lipinski definition) is 0. The normalized spacial score (nSPS) is 15.4. The van der Waals surface area contributed by atoms with Crippen molar-refractivity contribution >= 4 is 42.8 Å². The van der Waals surface area contributed by atoms with Crippen LogP contribution < -0.4 is 0 Å². The van der Waals surface area contributed by atoms with E-state index < -0.39 is 0 Å². The summed E-state index contributed by atoms with van der Waals surface area (Å²) in [6.45, 7) is 11.2. The zero-order valence-electron chi connectivity index (χ0n) is 25.3. The summed E-state index contributed by atoms with van der Waals surface area (Å²) in [5.41, 5.74) is 6.33. The molecular weight excluding hydrogens is 685 g/mol. The van der Waals surface area contributed by atoms with Crippen LogP contribution in [0.5, 0.6) is 0 Å². The van der Waals surface area contributed by atoms with Gasteiger partial charge in [-0.3, -0.25) is 12.2 Å². The van der Waals surface area contributed by atoms with E-state index in [-0.39, 0.29) is 36.4 Å². The Bertz CT molecular complexity index is 1320. The molecule has 4 aromatic carbocycles. The van der Waals surface area contributed by atoms with Gasteiger partial charge in [-0.05, 0) is 24.3 Å². The van der Waals surface area contributed by atoms with Crippen LogP contribution in [0.25, 0.3) is 11.1 Å². The van der Waals surface area contributed by atoms with Crippen LogP contribution >= 0.6 is 24.8 Å². The summed E-state index contributed by atoms with van der Waals surface area (Å²) in [5, 5.41) is 0. The van der Waals surface area contributed by atoms with Gasteiger partial charge in [0.25, 0.3) is 0 Å². The van der Waals surface area contributed by atoms with Gasteiger partial charge in [-0.2, -0.15) is 96.1 Å². The van der Waals surface area contributed by atoms with Gasteiger partial charge in [0.05, 0.1) is 0 Å². The Morgan fingerprint density at radius 1 is 0.568 bits per heavy atom. The van der Waals surface area contributed by atoms with Gasteiger partial charge in [0.2, 0.25) is 0 Å². The van der Waals surface area contributed by atoms with E-state index in [9.17, 15) is 8.78 Å². The third-order valence-electron chi connectivity index (χ3n) is 6.02. The van der Waals surface area contributed by atoms with Crippen molar-refractivity contribution in [2.45, 2.75) is 27.7 Å². The first-order valence-corrected chi connectivity index (χ1v) is 17.8. The molecular formula is C38H36Cl2F2SiZr-4. The molecule has 6 rings (SSSR count). The molecule has 0 saturated carbocycles. The van der Waals surface area contributed by atoms with E-state index in [0.29, 0.717) is 11.8 Å². The van der Waals surface area contributed by atoms with E-state index >= 15 is 0 Å². The minimum Gasteiger partial charge on any atom is -0.184 e. The first-order valence-electron chi connectivity index (χ1n) is 13.6. The van der Waals surface area contributed by atoms with Crippen LogP contribution in [0.3, 0.4) is 0 Å². The van der Waals surface area contributed by atoms with Crippen molar-refractivity contribution in [3.8, 4) is 0 Å². The molecule has 0 aromatic heterocycles. The summed E-state index contributed by atoms with van der Waals surface area (Å²) in [7, 11) is 0. The van der Waals surface area contributed by atoms with Crippen LogP contribution in [-0.4, -0.2) is 6.88 Å². The summed E-state index contributed by atoms with van der Waals surface area (Å²) in [6.07, 6.45) is 10.8. The Morgan fingerprint density at radius 3 is 1.11 bits per heavy atom. The predicted molar refractivity (Wildman–Crippen MR) is 183 cm³/mol. The standard InChI is InChI=1S/2C13H12F.2C6H5.2ClH.Si.Zr/c2*1-9-6-10(2)13(7-9)11-4-3-5-12(14)8-11;2*1-2-4-6-5-3-1;;;;/h2*3-5,7-9H,1-2H3;2*1-5H;2*1H;;/q4*-1;;;;. The molecule has 2 aliphatic rings. The van der Waals surface area contributed by atoms with Crippen molar-refractivity contribution in [1.29, 1.82) is 0 Å². The van der Waals surface area contributed by atoms with Gasteiger partial charge >= 0.3 is 30.2 Å². The van der Waals surface area contributed by atoms with Crippen molar-refractivity contribution in [2.75, 3.05) is 0 Å². The number of hydrogen-bond donors (Lipinski definition) is 0. The number of rotatable bonds is 2. The Morgan fingerprint density at radius 2 is 0.909 bits per heavy atom. The predicted octanol–water partition coefficient (Wildman–Crippen LogP) is 10.7. The van der Waals surface area contributed by atoms with E-state index in [2.05, 4.69) is 57.2 Å². The average Bonchev–Trinajstić information content (AvgIpc) is 3.55. The van der Waals surface area contributed by atoms with Gasteiger partial charge in [0, 0.05) is 0 Å². The molecule has 0 aliphatic heterocycles. The molecule has 0 saturated heterocycles. The first kappa shape index (κ1) is 41.4. The summed E-state index contributed by atoms with van der Waals surface area (Å²) >= 11 is 1.36. The molecule has 0 bridgehead atoms. The van der Waals surface area contributed by atoms with Crippen LogP contribution in [0.15, 0.2) is 132 Å². The second-order valence-corrected chi connectivity index (χ2v) is 9.45. The molecule has 2 aliphatic carbocycles. The fourth-order valence-corrected chi connectivity index (χ4v) is 4.29. The second-order valence-electron chi connectivity index (χ2n) is 9.45. The number of halogens is 4. The van der Waals surface area contributed by atoms with Gasteiger partial charge in [0.15, 0.2) is 0 Å². The first-order chi connectivity index (χ1) is 20.3. The number of allylic oxidation sites excluding steroid dienone is 8. The van der Waals surface area contributed by atoms with E-state index in [1.807, 2.05) is 86.6 Å². The summed E-state index contributed by atoms with van der Waals surface area (Å²) in [5.74, 6) is 0.313. The largest absolute Gasteiger partial charge is 0.184 e. The Balaban J connectivity index is 0.000000576. The fraction of sp³-hybridized carbons (Fsp3) is 0.158. The molecule has 0 nitrogen and oxygen atoms in total. The molecule has 0 spiro atoms. The molecule has 6 heteroatoms. The van der Waals surface area contributed by atoms with Gasteiger partial charge in [0.1, 0.15) is 11.6 Å². The Labute approximate surface area is 292 Å². The smallest absolute Gasteiger partial charge is 0.171 e. The molecule has 44 heavy (non-hydrogen) atoms. The Kier molecular flexibility index (Phi) is 22.3. The third kappa shape index (κ3) is 15.4. The maximum absolute atomic E-state index is 13.0. The van der Waals surface area contributed by atoms with Crippen LogP contribution in [-0.2, 0) is 23.3 Å². The monoisotopic (exact) mass is 718 g/mol. The van der Waals surface area contributed by atoms with Crippen LogP contribution in [0, 0.1) is 47.8 Å². The maximum Gasteiger partial charge on any atom is -0.171 e. The molecule has 0 heterocycles. The van der Waals surface area contributed by atoms with E-state index in [4.69, 9.17) is 0 Å². The molecule has 228 valence electrons. The molecule has 2 atom stereocenters. The van der Waals surface area contributed by atoms with Crippen molar-refractivity contribution in [3.05, 3.63) is 180 Å². The van der Waals surface area contributed by atoms with Crippen molar-refractivity contribution in [1.82, 2.24) is 0 Å². The van der Waals surface area contributed by atoms with E-state index in [0.717, 1.165) is 33.4 Å². The van der Waals surface area contributed by atoms with Crippen LogP contribution in [0.4, 0.5) is 8.78 Å². The van der Waals surface area contributed by atoms with Gasteiger partial charge < -0.3 is 0 Å². The molecule has 2 radical (unpaired) electrons. The Hall–Kier alpha value is -2.62. The maximum atomic E-state index is 13.0. The number of benzene rings is 4. The summed E-state index contributed by atoms with van der Waals surface area (Å²) in [4.78, 5) is 0. The molecule has 2 unspecified atom stereocenters. The van der Waals surface area contributed by atoms with Gasteiger partial charge in [-0.25, -0.2) is 19.9 Å². The van der Waals surface area contributed by atoms with Crippen molar-refractivity contribution < 1.29 is 32.1 Å². The zero-order valence-corrected chi connectivity index (χ0v) is 30.4. The minimum absolute atomic E-state index is 0. The quantitative estimate of drug-likeness (QED) is 0.143. The molecule has 0 amide bonds. The van der Waals surface area contributed by atoms with Crippen molar-refractivity contribution in [3.63, 3.8) is 0 Å². The third-order valence-corrected chi connectivity index (χ3v) is 6.02. The van der Waals surface area contributed by atoms with Crippen molar-refractivity contribution in [2.24, 2.45) is 11.8 Å². The SMILES string of the molecule is CC1=[C-]C(C)C=C1c1cccc(F)c1.CC1=[C-]C(C)C=C1c1cccc(F)c1.Cl.Cl.[Si]=[Zr].[c-]1ccccc1.[c-]1ccccc1. The van der Waals surface area contributed by atoms with Gasteiger partial charge in [-0.15, -0.1) is 24.8 Å². The molecule has 4 aromatic rings. The molecule has 0 N–H and O–H groups in total. The second kappa shape index (κ2) is 23.7. The topological polar surface area (TPSA) is 0 Å². The summed E-state index contributed by atoms with van der Waals surface area (Å²) < 4.78 is 26.0. The van der Waals surface area contributed by atoms with Crippen LogP contribution in [0.2, 0.25) is 0 Å². The van der Waals surface area contributed by atoms with Crippen LogP contribution in [0.1, 0.15) is 38.8 Å². The van der Waals surface area contributed by atoms with Gasteiger partial charge in [-0.1, -0.05) is 74.9 Å². The zero-order chi connectivity index (χ0) is 30.7. The fourth-order valence-electron chi connectivity index (χ4n) is 4.29. The average molecular weight is 721 g/mol. The van der Waals surface area contributed by atoms with E-state index in [1.165, 1.54) is 35.5 Å². The molecule has 0 fully saturated rings. The minimum atomic E-state index is -0.184. The summed E-state index contributed by atoms with van der Waals surface area (Å²) in [6, 6.07) is 38.4.